The summed E-state index contributed by atoms with van der Waals surface area (Å²) in [5.41, 5.74) is 0.414. The van der Waals surface area contributed by atoms with Crippen LogP contribution in [-0.2, 0) is 4.74 Å². The van der Waals surface area contributed by atoms with Crippen LogP contribution in [0.4, 0.5) is 0 Å². The van der Waals surface area contributed by atoms with E-state index in [9.17, 15) is 0 Å². The summed E-state index contributed by atoms with van der Waals surface area (Å²) in [6.07, 6.45) is 2.54. The Morgan fingerprint density at radius 2 is 2.20 bits per heavy atom. The van der Waals surface area contributed by atoms with E-state index in [1.54, 1.807) is 0 Å². The third-order valence-electron chi connectivity index (χ3n) is 3.72. The van der Waals surface area contributed by atoms with Gasteiger partial charge in [0.25, 0.3) is 0 Å². The third kappa shape index (κ3) is 2.95. The highest BCUT2D eigenvalue weighted by Gasteiger charge is 2.34. The molecule has 2 fully saturated rings. The second kappa shape index (κ2) is 4.72. The van der Waals surface area contributed by atoms with Gasteiger partial charge in [0.15, 0.2) is 0 Å². The molecule has 2 nitrogen and oxygen atoms in total. The third-order valence-corrected chi connectivity index (χ3v) is 5.42. The standard InChI is InChI=1S/C12H22BrNO/c1-12(2)9-14(5-3-11(12)13)7-10-4-6-15-8-10/h10-11H,3-9H2,1-2H3. The number of likely N-dealkylation sites (tertiary alicyclic amines) is 1. The Morgan fingerprint density at radius 1 is 1.40 bits per heavy atom. The first-order chi connectivity index (χ1) is 7.08. The molecule has 0 aromatic heterocycles. The van der Waals surface area contributed by atoms with Gasteiger partial charge in [-0.2, -0.15) is 0 Å². The van der Waals surface area contributed by atoms with Crippen LogP contribution in [-0.4, -0.2) is 42.6 Å². The highest BCUT2D eigenvalue weighted by molar-refractivity contribution is 9.09. The van der Waals surface area contributed by atoms with Crippen molar-refractivity contribution in [3.63, 3.8) is 0 Å². The summed E-state index contributed by atoms with van der Waals surface area (Å²) in [4.78, 5) is 3.30. The quantitative estimate of drug-likeness (QED) is 0.719. The first-order valence-electron chi connectivity index (χ1n) is 6.02. The normalized spacial score (nSPS) is 37.0. The lowest BCUT2D eigenvalue weighted by atomic mass is 9.83. The Hall–Kier alpha value is 0.400. The van der Waals surface area contributed by atoms with Gasteiger partial charge < -0.3 is 9.64 Å². The van der Waals surface area contributed by atoms with Gasteiger partial charge in [-0.05, 0) is 30.7 Å². The zero-order valence-corrected chi connectivity index (χ0v) is 11.4. The van der Waals surface area contributed by atoms with Crippen LogP contribution in [0.2, 0.25) is 0 Å². The summed E-state index contributed by atoms with van der Waals surface area (Å²) in [6, 6.07) is 0. The average Bonchev–Trinajstić information content (AvgIpc) is 2.63. The second-order valence-electron chi connectivity index (χ2n) is 5.71. The number of piperidine rings is 1. The minimum atomic E-state index is 0.414. The molecule has 0 radical (unpaired) electrons. The van der Waals surface area contributed by atoms with E-state index in [1.807, 2.05) is 0 Å². The molecule has 2 saturated heterocycles. The largest absolute Gasteiger partial charge is 0.381 e. The Morgan fingerprint density at radius 3 is 2.80 bits per heavy atom. The SMILES string of the molecule is CC1(C)CN(CC2CCOC2)CCC1Br. The molecular formula is C12H22BrNO. The van der Waals surface area contributed by atoms with E-state index in [0.29, 0.717) is 10.2 Å². The van der Waals surface area contributed by atoms with Gasteiger partial charge >= 0.3 is 0 Å². The fourth-order valence-electron chi connectivity index (χ4n) is 2.69. The summed E-state index contributed by atoms with van der Waals surface area (Å²) < 4.78 is 5.44. The van der Waals surface area contributed by atoms with Crippen LogP contribution in [0.1, 0.15) is 26.7 Å². The van der Waals surface area contributed by atoms with Crippen molar-refractivity contribution in [2.45, 2.75) is 31.5 Å². The minimum absolute atomic E-state index is 0.414. The van der Waals surface area contributed by atoms with E-state index in [0.717, 1.165) is 19.1 Å². The first kappa shape index (κ1) is 11.9. The van der Waals surface area contributed by atoms with Gasteiger partial charge in [-0.1, -0.05) is 29.8 Å². The lowest BCUT2D eigenvalue weighted by Crippen LogP contribution is -2.47. The molecule has 0 saturated carbocycles. The van der Waals surface area contributed by atoms with Gasteiger partial charge in [-0.3, -0.25) is 0 Å². The number of hydrogen-bond acceptors (Lipinski definition) is 2. The Labute approximate surface area is 101 Å². The molecular weight excluding hydrogens is 254 g/mol. The molecule has 3 heteroatoms. The molecule has 0 N–H and O–H groups in total. The van der Waals surface area contributed by atoms with Crippen LogP contribution in [0.3, 0.4) is 0 Å². The van der Waals surface area contributed by atoms with Crippen molar-refractivity contribution in [3.8, 4) is 0 Å². The van der Waals surface area contributed by atoms with Crippen LogP contribution >= 0.6 is 15.9 Å². The average molecular weight is 276 g/mol. The van der Waals surface area contributed by atoms with Crippen molar-refractivity contribution in [1.29, 1.82) is 0 Å². The monoisotopic (exact) mass is 275 g/mol. The number of alkyl halides is 1. The van der Waals surface area contributed by atoms with Crippen LogP contribution in [0, 0.1) is 11.3 Å². The molecule has 88 valence electrons. The van der Waals surface area contributed by atoms with Crippen molar-refractivity contribution in [2.75, 3.05) is 32.8 Å². The zero-order chi connectivity index (χ0) is 10.9. The van der Waals surface area contributed by atoms with Crippen molar-refractivity contribution in [1.82, 2.24) is 4.90 Å². The highest BCUT2D eigenvalue weighted by Crippen LogP contribution is 2.35. The van der Waals surface area contributed by atoms with Crippen LogP contribution < -0.4 is 0 Å². The zero-order valence-electron chi connectivity index (χ0n) is 9.84. The van der Waals surface area contributed by atoms with E-state index in [-0.39, 0.29) is 0 Å². The summed E-state index contributed by atoms with van der Waals surface area (Å²) >= 11 is 3.80. The molecule has 2 atom stereocenters. The van der Waals surface area contributed by atoms with Crippen molar-refractivity contribution < 1.29 is 4.74 Å². The fraction of sp³-hybridized carbons (Fsp3) is 1.00. The molecule has 0 aromatic rings. The molecule has 0 aromatic carbocycles. The van der Waals surface area contributed by atoms with E-state index in [4.69, 9.17) is 4.74 Å². The van der Waals surface area contributed by atoms with Crippen molar-refractivity contribution in [3.05, 3.63) is 0 Å². The van der Waals surface area contributed by atoms with Gasteiger partial charge in [0.05, 0.1) is 6.61 Å². The minimum Gasteiger partial charge on any atom is -0.381 e. The predicted molar refractivity (Wildman–Crippen MR) is 66.5 cm³/mol. The second-order valence-corrected chi connectivity index (χ2v) is 6.81. The molecule has 2 aliphatic heterocycles. The van der Waals surface area contributed by atoms with Gasteiger partial charge in [0, 0.05) is 24.5 Å². The topological polar surface area (TPSA) is 12.5 Å². The maximum absolute atomic E-state index is 5.44. The van der Waals surface area contributed by atoms with Crippen molar-refractivity contribution in [2.24, 2.45) is 11.3 Å². The van der Waals surface area contributed by atoms with Crippen LogP contribution in [0.5, 0.6) is 0 Å². The predicted octanol–water partition coefficient (Wildman–Crippen LogP) is 2.52. The molecule has 0 amide bonds. The van der Waals surface area contributed by atoms with E-state index < -0.39 is 0 Å². The molecule has 2 rings (SSSR count). The number of nitrogens with zero attached hydrogens (tertiary/aromatic N) is 1. The molecule has 2 aliphatic rings. The summed E-state index contributed by atoms with van der Waals surface area (Å²) in [5, 5.41) is 0. The Balaban J connectivity index is 1.83. The molecule has 0 aliphatic carbocycles. The van der Waals surface area contributed by atoms with Gasteiger partial charge in [0.2, 0.25) is 0 Å². The Bertz CT molecular complexity index is 214. The molecule has 2 heterocycles. The number of rotatable bonds is 2. The van der Waals surface area contributed by atoms with Crippen molar-refractivity contribution >= 4 is 15.9 Å². The fourth-order valence-corrected chi connectivity index (χ4v) is 3.04. The van der Waals surface area contributed by atoms with E-state index >= 15 is 0 Å². The molecule has 0 bridgehead atoms. The summed E-state index contributed by atoms with van der Waals surface area (Å²) in [7, 11) is 0. The number of hydrogen-bond donors (Lipinski definition) is 0. The molecule has 15 heavy (non-hydrogen) atoms. The maximum atomic E-state index is 5.44. The van der Waals surface area contributed by atoms with Gasteiger partial charge in [-0.15, -0.1) is 0 Å². The lowest BCUT2D eigenvalue weighted by molar-refractivity contribution is 0.103. The van der Waals surface area contributed by atoms with Crippen LogP contribution in [0.15, 0.2) is 0 Å². The smallest absolute Gasteiger partial charge is 0.0507 e. The van der Waals surface area contributed by atoms with E-state index in [1.165, 1.54) is 32.5 Å². The first-order valence-corrected chi connectivity index (χ1v) is 6.94. The number of halogens is 1. The van der Waals surface area contributed by atoms with Gasteiger partial charge in [0.1, 0.15) is 0 Å². The Kier molecular flexibility index (Phi) is 3.74. The molecule has 2 unspecified atom stereocenters. The maximum Gasteiger partial charge on any atom is 0.0507 e. The number of ether oxygens (including phenoxy) is 1. The molecule has 0 spiro atoms. The highest BCUT2D eigenvalue weighted by atomic mass is 79.9. The summed E-state index contributed by atoms with van der Waals surface area (Å²) in [6.45, 7) is 10.4. The lowest BCUT2D eigenvalue weighted by Gasteiger charge is -2.42. The summed E-state index contributed by atoms with van der Waals surface area (Å²) in [5.74, 6) is 0.785. The van der Waals surface area contributed by atoms with E-state index in [2.05, 4.69) is 34.7 Å². The van der Waals surface area contributed by atoms with Gasteiger partial charge in [-0.25, -0.2) is 0 Å². The van der Waals surface area contributed by atoms with Crippen LogP contribution in [0.25, 0.3) is 0 Å².